The molecule has 0 bridgehead atoms. The molecule has 0 aliphatic rings. The highest BCUT2D eigenvalue weighted by Crippen LogP contribution is 2.14. The number of guanidine groups is 1. The molecule has 0 radical (unpaired) electrons. The monoisotopic (exact) mass is 317 g/mol. The van der Waals surface area contributed by atoms with E-state index in [-0.39, 0.29) is 17.8 Å². The van der Waals surface area contributed by atoms with Gasteiger partial charge in [0.15, 0.2) is 5.96 Å². The molecule has 23 heavy (non-hydrogen) atoms. The lowest BCUT2D eigenvalue weighted by Gasteiger charge is -2.04. The summed E-state index contributed by atoms with van der Waals surface area (Å²) in [5.41, 5.74) is 16.5. The molecule has 0 fully saturated rings. The number of carbonyl (C=O) groups excluding carboxylic acids is 1. The Hall–Kier alpha value is -2.83. The molecule has 1 aromatic carbocycles. The lowest BCUT2D eigenvalue weighted by atomic mass is 10.2. The average molecular weight is 317 g/mol. The fraction of sp³-hybridized carbons (Fsp3) is 0.312. The molecule has 7 nitrogen and oxygen atoms in total. The molecule has 0 atom stereocenters. The molecule has 0 aromatic heterocycles. The summed E-state index contributed by atoms with van der Waals surface area (Å²) < 4.78 is 5.24. The van der Waals surface area contributed by atoms with Crippen LogP contribution in [0.1, 0.15) is 31.2 Å². The topological polar surface area (TPSA) is 141 Å². The highest BCUT2D eigenvalue weighted by Gasteiger charge is 2.04. The second-order valence-electron chi connectivity index (χ2n) is 4.95. The van der Waals surface area contributed by atoms with E-state index in [1.807, 2.05) is 0 Å². The summed E-state index contributed by atoms with van der Waals surface area (Å²) >= 11 is 0. The number of nitrogens with zero attached hydrogens (tertiary/aromatic N) is 1. The van der Waals surface area contributed by atoms with E-state index in [1.54, 1.807) is 30.3 Å². The summed E-state index contributed by atoms with van der Waals surface area (Å²) in [5.74, 6) is 0.306. The van der Waals surface area contributed by atoms with Crippen molar-refractivity contribution < 1.29 is 9.53 Å². The average Bonchev–Trinajstić information content (AvgIpc) is 2.49. The van der Waals surface area contributed by atoms with Crippen LogP contribution in [0.5, 0.6) is 5.75 Å². The fourth-order valence-electron chi connectivity index (χ4n) is 1.78. The number of rotatable bonds is 9. The van der Waals surface area contributed by atoms with Gasteiger partial charge in [0.25, 0.3) is 0 Å². The van der Waals surface area contributed by atoms with Gasteiger partial charge in [-0.2, -0.15) is 0 Å². The van der Waals surface area contributed by atoms with E-state index in [0.29, 0.717) is 18.7 Å². The van der Waals surface area contributed by atoms with Gasteiger partial charge < -0.3 is 21.9 Å². The van der Waals surface area contributed by atoms with Gasteiger partial charge in [0, 0.05) is 13.0 Å². The summed E-state index contributed by atoms with van der Waals surface area (Å²) in [7, 11) is 0. The van der Waals surface area contributed by atoms with Crippen LogP contribution in [-0.4, -0.2) is 24.3 Å². The Balaban J connectivity index is 2.29. The zero-order valence-electron chi connectivity index (χ0n) is 13.0. The smallest absolute Gasteiger partial charge is 0.311 e. The lowest BCUT2D eigenvalue weighted by Crippen LogP contribution is -2.22. The normalized spacial score (nSPS) is 10.4. The first-order valence-electron chi connectivity index (χ1n) is 7.35. The van der Waals surface area contributed by atoms with Crippen LogP contribution in [0.15, 0.2) is 35.3 Å². The largest absolute Gasteiger partial charge is 0.427 e. The summed E-state index contributed by atoms with van der Waals surface area (Å²) in [4.78, 5) is 15.6. The van der Waals surface area contributed by atoms with Crippen LogP contribution in [0, 0.1) is 5.41 Å². The zero-order valence-corrected chi connectivity index (χ0v) is 13.0. The molecule has 1 rings (SSSR count). The molecule has 7 N–H and O–H groups in total. The Morgan fingerprint density at radius 2 is 1.83 bits per heavy atom. The first-order chi connectivity index (χ1) is 11.0. The molecule has 0 spiro atoms. The van der Waals surface area contributed by atoms with Crippen LogP contribution < -0.4 is 21.9 Å². The van der Waals surface area contributed by atoms with Crippen molar-refractivity contribution in [3.05, 3.63) is 35.9 Å². The number of nitrogens with one attached hydrogen (secondary N) is 1. The summed E-state index contributed by atoms with van der Waals surface area (Å²) in [6.45, 7) is 0.576. The zero-order chi connectivity index (χ0) is 17.1. The number of carbonyl (C=O) groups is 1. The number of nitrogens with two attached hydrogens (primary N) is 3. The number of amidine groups is 1. The molecule has 124 valence electrons. The van der Waals surface area contributed by atoms with Crippen LogP contribution in [0.4, 0.5) is 0 Å². The maximum atomic E-state index is 11.7. The van der Waals surface area contributed by atoms with Crippen molar-refractivity contribution in [1.29, 1.82) is 5.41 Å². The Labute approximate surface area is 135 Å². The van der Waals surface area contributed by atoms with E-state index < -0.39 is 0 Å². The van der Waals surface area contributed by atoms with E-state index in [2.05, 4.69) is 4.99 Å². The van der Waals surface area contributed by atoms with Crippen LogP contribution in [-0.2, 0) is 4.79 Å². The van der Waals surface area contributed by atoms with Crippen LogP contribution in [0.2, 0.25) is 0 Å². The van der Waals surface area contributed by atoms with E-state index in [9.17, 15) is 4.79 Å². The number of aliphatic imine (C=N–C) groups is 1. The number of hydrogen-bond acceptors (Lipinski definition) is 4. The minimum Gasteiger partial charge on any atom is -0.427 e. The maximum absolute atomic E-state index is 11.7. The van der Waals surface area contributed by atoms with Gasteiger partial charge in [0.1, 0.15) is 11.6 Å². The highest BCUT2D eigenvalue weighted by atomic mass is 16.5. The molecule has 0 saturated carbocycles. The first kappa shape index (κ1) is 18.2. The van der Waals surface area contributed by atoms with E-state index in [1.165, 1.54) is 6.08 Å². The van der Waals surface area contributed by atoms with E-state index in [4.69, 9.17) is 27.3 Å². The minimum atomic E-state index is -0.265. The first-order valence-corrected chi connectivity index (χ1v) is 7.35. The molecule has 0 aliphatic carbocycles. The number of hydrogen-bond donors (Lipinski definition) is 4. The predicted molar refractivity (Wildman–Crippen MR) is 92.2 cm³/mol. The quantitative estimate of drug-likeness (QED) is 0.179. The predicted octanol–water partition coefficient (Wildman–Crippen LogP) is 1.37. The van der Waals surface area contributed by atoms with Gasteiger partial charge in [0.05, 0.1) is 0 Å². The van der Waals surface area contributed by atoms with E-state index in [0.717, 1.165) is 24.8 Å². The summed E-state index contributed by atoms with van der Waals surface area (Å²) in [6, 6.07) is 6.99. The molecule has 0 aliphatic heterocycles. The van der Waals surface area contributed by atoms with Gasteiger partial charge in [-0.05, 0) is 36.6 Å². The summed E-state index contributed by atoms with van der Waals surface area (Å²) in [5, 5.41) is 7.11. The SMILES string of the molecule is N=C(N)C=Cc1ccc(OC(=O)CCCCCN=C(N)N)cc1. The highest BCUT2D eigenvalue weighted by molar-refractivity contribution is 5.92. The number of ether oxygens (including phenoxy) is 1. The summed E-state index contributed by atoms with van der Waals surface area (Å²) in [6.07, 6.45) is 5.99. The van der Waals surface area contributed by atoms with Crippen molar-refractivity contribution in [3.8, 4) is 5.75 Å². The molecular weight excluding hydrogens is 294 g/mol. The Morgan fingerprint density at radius 1 is 1.13 bits per heavy atom. The van der Waals surface area contributed by atoms with Gasteiger partial charge in [-0.15, -0.1) is 0 Å². The standard InChI is InChI=1S/C16H23N5O2/c17-14(18)10-7-12-5-8-13(9-6-12)23-15(22)4-2-1-3-11-21-16(19)20/h5-10H,1-4,11H2,(H3,17,18)(H4,19,20,21). The van der Waals surface area contributed by atoms with Crippen LogP contribution >= 0.6 is 0 Å². The molecule has 0 unspecified atom stereocenters. The molecule has 0 heterocycles. The van der Waals surface area contributed by atoms with Crippen molar-refractivity contribution in [2.75, 3.05) is 6.54 Å². The number of esters is 1. The minimum absolute atomic E-state index is 0.0136. The van der Waals surface area contributed by atoms with Crippen molar-refractivity contribution in [2.24, 2.45) is 22.2 Å². The van der Waals surface area contributed by atoms with Gasteiger partial charge in [0.2, 0.25) is 0 Å². The molecular formula is C16H23N5O2. The van der Waals surface area contributed by atoms with Crippen LogP contribution in [0.3, 0.4) is 0 Å². The molecule has 0 amide bonds. The van der Waals surface area contributed by atoms with Gasteiger partial charge in [-0.25, -0.2) is 0 Å². The molecule has 7 heteroatoms. The number of benzene rings is 1. The Kier molecular flexibility index (Phi) is 7.91. The third-order valence-electron chi connectivity index (χ3n) is 2.90. The third kappa shape index (κ3) is 8.92. The lowest BCUT2D eigenvalue weighted by molar-refractivity contribution is -0.134. The van der Waals surface area contributed by atoms with Crippen molar-refractivity contribution in [3.63, 3.8) is 0 Å². The second kappa shape index (κ2) is 9.99. The Bertz CT molecular complexity index is 575. The molecule has 0 saturated heterocycles. The van der Waals surface area contributed by atoms with Crippen LogP contribution in [0.25, 0.3) is 6.08 Å². The van der Waals surface area contributed by atoms with Gasteiger partial charge in [-0.3, -0.25) is 15.2 Å². The van der Waals surface area contributed by atoms with E-state index >= 15 is 0 Å². The van der Waals surface area contributed by atoms with Crippen molar-refractivity contribution in [2.45, 2.75) is 25.7 Å². The van der Waals surface area contributed by atoms with Crippen molar-refractivity contribution in [1.82, 2.24) is 0 Å². The Morgan fingerprint density at radius 3 is 2.43 bits per heavy atom. The fourth-order valence-corrected chi connectivity index (χ4v) is 1.78. The molecule has 1 aromatic rings. The third-order valence-corrected chi connectivity index (χ3v) is 2.90. The number of unbranched alkanes of at least 4 members (excludes halogenated alkanes) is 2. The maximum Gasteiger partial charge on any atom is 0.311 e. The van der Waals surface area contributed by atoms with Gasteiger partial charge in [-0.1, -0.05) is 24.6 Å². The van der Waals surface area contributed by atoms with Crippen molar-refractivity contribution >= 4 is 23.8 Å². The van der Waals surface area contributed by atoms with Gasteiger partial charge >= 0.3 is 5.97 Å². The second-order valence-corrected chi connectivity index (χ2v) is 4.95.